The molecule has 148 valence electrons. The summed E-state index contributed by atoms with van der Waals surface area (Å²) in [5.74, 6) is -0.273. The average Bonchev–Trinajstić information content (AvgIpc) is 3.39. The van der Waals surface area contributed by atoms with Crippen LogP contribution in [0.15, 0.2) is 55.1 Å². The molecule has 0 saturated heterocycles. The second-order valence-corrected chi connectivity index (χ2v) is 7.00. The lowest BCUT2D eigenvalue weighted by Gasteiger charge is -2.10. The zero-order valence-corrected chi connectivity index (χ0v) is 15.6. The summed E-state index contributed by atoms with van der Waals surface area (Å²) in [6.45, 7) is 1.06. The van der Waals surface area contributed by atoms with Gasteiger partial charge >= 0.3 is 0 Å². The van der Waals surface area contributed by atoms with Crippen LogP contribution in [0.5, 0.6) is 0 Å². The van der Waals surface area contributed by atoms with Gasteiger partial charge in [-0.1, -0.05) is 24.3 Å². The largest absolute Gasteiger partial charge is 0.375 e. The van der Waals surface area contributed by atoms with Gasteiger partial charge < -0.3 is 10.6 Å². The Kier molecular flexibility index (Phi) is 5.19. The molecule has 1 aliphatic carbocycles. The molecular weight excluding hydrogens is 372 g/mol. The molecule has 0 spiro atoms. The topological polar surface area (TPSA) is 115 Å². The number of anilines is 1. The highest BCUT2D eigenvalue weighted by atomic mass is 16.6. The maximum absolute atomic E-state index is 12.1. The molecule has 29 heavy (non-hydrogen) atoms. The Morgan fingerprint density at radius 3 is 2.59 bits per heavy atom. The third-order valence-corrected chi connectivity index (χ3v) is 4.69. The lowest BCUT2D eigenvalue weighted by Crippen LogP contribution is -2.25. The minimum Gasteiger partial charge on any atom is -0.375 e. The van der Waals surface area contributed by atoms with Gasteiger partial charge in [0.25, 0.3) is 11.6 Å². The fourth-order valence-electron chi connectivity index (χ4n) is 2.93. The van der Waals surface area contributed by atoms with Crippen LogP contribution >= 0.6 is 0 Å². The van der Waals surface area contributed by atoms with Crippen LogP contribution in [-0.2, 0) is 13.1 Å². The third-order valence-electron chi connectivity index (χ3n) is 4.69. The number of amides is 1. The van der Waals surface area contributed by atoms with Crippen molar-refractivity contribution in [3.05, 3.63) is 81.9 Å². The van der Waals surface area contributed by atoms with Crippen LogP contribution in [0.25, 0.3) is 0 Å². The van der Waals surface area contributed by atoms with Crippen LogP contribution in [0.3, 0.4) is 0 Å². The third kappa shape index (κ3) is 4.75. The summed E-state index contributed by atoms with van der Waals surface area (Å²) in [6, 6.07) is 12.6. The van der Waals surface area contributed by atoms with E-state index >= 15 is 0 Å². The van der Waals surface area contributed by atoms with E-state index in [2.05, 4.69) is 20.7 Å². The van der Waals surface area contributed by atoms with Gasteiger partial charge in [-0.25, -0.2) is 9.67 Å². The molecule has 0 unspecified atom stereocenters. The molecule has 2 aromatic carbocycles. The second-order valence-electron chi connectivity index (χ2n) is 7.00. The highest BCUT2D eigenvalue weighted by Crippen LogP contribution is 2.27. The molecule has 3 aromatic rings. The summed E-state index contributed by atoms with van der Waals surface area (Å²) < 4.78 is 1.73. The summed E-state index contributed by atoms with van der Waals surface area (Å²) in [5, 5.41) is 21.5. The second kappa shape index (κ2) is 8.09. The van der Waals surface area contributed by atoms with Crippen LogP contribution in [0.1, 0.15) is 34.3 Å². The van der Waals surface area contributed by atoms with E-state index in [0.29, 0.717) is 24.3 Å². The molecule has 0 radical (unpaired) electrons. The minimum absolute atomic E-state index is 0.115. The van der Waals surface area contributed by atoms with Crippen LogP contribution in [0, 0.1) is 10.1 Å². The first-order valence-electron chi connectivity index (χ1n) is 9.32. The van der Waals surface area contributed by atoms with Gasteiger partial charge in [0.05, 0.1) is 11.5 Å². The maximum atomic E-state index is 12.1. The summed E-state index contributed by atoms with van der Waals surface area (Å²) in [4.78, 5) is 27.0. The van der Waals surface area contributed by atoms with E-state index in [9.17, 15) is 14.9 Å². The molecule has 1 saturated carbocycles. The quantitative estimate of drug-likeness (QED) is 0.450. The van der Waals surface area contributed by atoms with Crippen LogP contribution in [-0.4, -0.2) is 31.6 Å². The first kappa shape index (κ1) is 18.6. The van der Waals surface area contributed by atoms with Crippen molar-refractivity contribution in [2.45, 2.75) is 32.0 Å². The number of carbonyl (C=O) groups is 1. The van der Waals surface area contributed by atoms with Crippen molar-refractivity contribution < 1.29 is 9.72 Å². The Hall–Kier alpha value is -3.75. The van der Waals surface area contributed by atoms with Crippen molar-refractivity contribution in [1.82, 2.24) is 20.1 Å². The molecule has 1 amide bonds. The van der Waals surface area contributed by atoms with Crippen LogP contribution in [0.4, 0.5) is 11.4 Å². The normalized spacial score (nSPS) is 13.1. The smallest absolute Gasteiger partial charge is 0.293 e. The van der Waals surface area contributed by atoms with Crippen molar-refractivity contribution in [1.29, 1.82) is 0 Å². The molecule has 1 heterocycles. The number of hydrogen-bond donors (Lipinski definition) is 2. The van der Waals surface area contributed by atoms with Crippen LogP contribution in [0.2, 0.25) is 0 Å². The fourth-order valence-corrected chi connectivity index (χ4v) is 2.93. The number of rotatable bonds is 8. The van der Waals surface area contributed by atoms with Gasteiger partial charge in [0, 0.05) is 24.2 Å². The molecule has 2 N–H and O–H groups in total. The van der Waals surface area contributed by atoms with Crippen molar-refractivity contribution in [3.8, 4) is 0 Å². The summed E-state index contributed by atoms with van der Waals surface area (Å²) in [7, 11) is 0. The Labute approximate surface area is 166 Å². The van der Waals surface area contributed by atoms with E-state index < -0.39 is 4.92 Å². The molecule has 1 fully saturated rings. The Bertz CT molecular complexity index is 1010. The average molecular weight is 392 g/mol. The zero-order valence-electron chi connectivity index (χ0n) is 15.6. The van der Waals surface area contributed by atoms with E-state index in [1.165, 1.54) is 12.4 Å². The Morgan fingerprint density at radius 1 is 1.17 bits per heavy atom. The van der Waals surface area contributed by atoms with Gasteiger partial charge in [-0.2, -0.15) is 5.10 Å². The van der Waals surface area contributed by atoms with E-state index in [4.69, 9.17) is 0 Å². The number of nitro benzene ring substituents is 1. The number of hydrogen-bond acceptors (Lipinski definition) is 6. The first-order valence-corrected chi connectivity index (χ1v) is 9.32. The van der Waals surface area contributed by atoms with Gasteiger partial charge in [-0.05, 0) is 36.1 Å². The molecule has 1 aliphatic rings. The SMILES string of the molecule is O=C(NC1CC1)c1ccc(NCc2ccc(Cn3cncn3)cc2)c([N+](=O)[O-])c1. The molecule has 9 heteroatoms. The van der Waals surface area contributed by atoms with Gasteiger partial charge in [-0.3, -0.25) is 14.9 Å². The van der Waals surface area contributed by atoms with E-state index in [-0.39, 0.29) is 17.6 Å². The number of nitrogens with one attached hydrogen (secondary N) is 2. The highest BCUT2D eigenvalue weighted by Gasteiger charge is 2.25. The molecular formula is C20H20N6O3. The predicted molar refractivity (Wildman–Crippen MR) is 106 cm³/mol. The summed E-state index contributed by atoms with van der Waals surface area (Å²) in [6.07, 6.45) is 5.07. The molecule has 0 atom stereocenters. The van der Waals surface area contributed by atoms with Crippen molar-refractivity contribution >= 4 is 17.3 Å². The molecule has 4 rings (SSSR count). The van der Waals surface area contributed by atoms with Crippen LogP contribution < -0.4 is 10.6 Å². The van der Waals surface area contributed by atoms with Crippen molar-refractivity contribution in [3.63, 3.8) is 0 Å². The highest BCUT2D eigenvalue weighted by molar-refractivity contribution is 5.96. The number of aromatic nitrogens is 3. The van der Waals surface area contributed by atoms with E-state index in [1.54, 1.807) is 23.1 Å². The lowest BCUT2D eigenvalue weighted by atomic mass is 10.1. The monoisotopic (exact) mass is 392 g/mol. The standard InChI is InChI=1S/C20H20N6O3/c27-20(24-17-6-7-17)16-5-8-18(19(9-16)26(28)29)22-10-14-1-3-15(4-2-14)11-25-13-21-12-23-25/h1-5,8-9,12-13,17,22H,6-7,10-11H2,(H,24,27). The maximum Gasteiger partial charge on any atom is 0.293 e. The summed E-state index contributed by atoms with van der Waals surface area (Å²) in [5.41, 5.74) is 2.63. The van der Waals surface area contributed by atoms with Gasteiger partial charge in [-0.15, -0.1) is 0 Å². The van der Waals surface area contributed by atoms with Crippen molar-refractivity contribution in [2.75, 3.05) is 5.32 Å². The number of nitrogens with zero attached hydrogens (tertiary/aromatic N) is 4. The van der Waals surface area contributed by atoms with Gasteiger partial charge in [0.2, 0.25) is 0 Å². The molecule has 0 aliphatic heterocycles. The van der Waals surface area contributed by atoms with Gasteiger partial charge in [0.15, 0.2) is 0 Å². The molecule has 1 aromatic heterocycles. The number of nitro groups is 1. The Balaban J connectivity index is 1.41. The molecule has 0 bridgehead atoms. The summed E-state index contributed by atoms with van der Waals surface area (Å²) >= 11 is 0. The predicted octanol–water partition coefficient (Wildman–Crippen LogP) is 2.74. The Morgan fingerprint density at radius 2 is 1.93 bits per heavy atom. The van der Waals surface area contributed by atoms with Crippen molar-refractivity contribution in [2.24, 2.45) is 0 Å². The number of carbonyl (C=O) groups excluding carboxylic acids is 1. The molecule has 9 nitrogen and oxygen atoms in total. The zero-order chi connectivity index (χ0) is 20.2. The fraction of sp³-hybridized carbons (Fsp3) is 0.250. The van der Waals surface area contributed by atoms with E-state index in [0.717, 1.165) is 24.0 Å². The minimum atomic E-state index is -0.475. The number of benzene rings is 2. The first-order chi connectivity index (χ1) is 14.1. The van der Waals surface area contributed by atoms with Gasteiger partial charge in [0.1, 0.15) is 18.3 Å². The van der Waals surface area contributed by atoms with E-state index in [1.807, 2.05) is 24.3 Å². The lowest BCUT2D eigenvalue weighted by molar-refractivity contribution is -0.384.